The lowest BCUT2D eigenvalue weighted by molar-refractivity contribution is 0.0766. The molecule has 0 aromatic heterocycles. The molecule has 3 rings (SSSR count). The number of carbonyl (C=O) groups is 1. The molecule has 1 aliphatic heterocycles. The van der Waals surface area contributed by atoms with Gasteiger partial charge in [-0.2, -0.15) is 0 Å². The van der Waals surface area contributed by atoms with E-state index >= 15 is 0 Å². The van der Waals surface area contributed by atoms with Gasteiger partial charge in [-0.25, -0.2) is 4.79 Å². The Morgan fingerprint density at radius 3 is 2.91 bits per heavy atom. The van der Waals surface area contributed by atoms with Crippen molar-refractivity contribution < 1.29 is 19.0 Å². The zero-order valence-electron chi connectivity index (χ0n) is 13.0. The van der Waals surface area contributed by atoms with Crippen LogP contribution in [0.5, 0.6) is 11.5 Å². The minimum atomic E-state index is -0.770. The van der Waals surface area contributed by atoms with Gasteiger partial charge in [-0.3, -0.25) is 0 Å². The number of ether oxygens (including phenoxy) is 3. The Bertz CT molecular complexity index is 714. The van der Waals surface area contributed by atoms with Crippen LogP contribution < -0.4 is 15.2 Å². The summed E-state index contributed by atoms with van der Waals surface area (Å²) in [5.41, 5.74) is 7.97. The summed E-state index contributed by atoms with van der Waals surface area (Å²) in [6, 6.07) is 13.7. The van der Waals surface area contributed by atoms with Crippen molar-refractivity contribution in [1.29, 1.82) is 0 Å². The van der Waals surface area contributed by atoms with Gasteiger partial charge in [0.15, 0.2) is 0 Å². The molecule has 0 saturated heterocycles. The smallest absolute Gasteiger partial charge is 0.405 e. The number of rotatable bonds is 4. The van der Waals surface area contributed by atoms with E-state index in [1.807, 2.05) is 49.4 Å². The van der Waals surface area contributed by atoms with Crippen LogP contribution >= 0.6 is 0 Å². The summed E-state index contributed by atoms with van der Waals surface area (Å²) in [6.45, 7) is 3.05. The molecule has 5 heteroatoms. The van der Waals surface area contributed by atoms with Gasteiger partial charge in [-0.05, 0) is 24.6 Å². The highest BCUT2D eigenvalue weighted by atomic mass is 16.6. The van der Waals surface area contributed by atoms with E-state index in [0.29, 0.717) is 25.4 Å². The predicted molar refractivity (Wildman–Crippen MR) is 86.6 cm³/mol. The van der Waals surface area contributed by atoms with Crippen LogP contribution in [0.15, 0.2) is 42.5 Å². The Hall–Kier alpha value is -2.69. The SMILES string of the molecule is CCOc1ccccc1-c1ccc2c(c1)OCCC2OC(N)=O. The summed E-state index contributed by atoms with van der Waals surface area (Å²) in [5, 5.41) is 0. The molecule has 1 amide bonds. The van der Waals surface area contributed by atoms with Gasteiger partial charge in [0.05, 0.1) is 13.2 Å². The zero-order chi connectivity index (χ0) is 16.2. The molecule has 23 heavy (non-hydrogen) atoms. The predicted octanol–water partition coefficient (Wildman–Crippen LogP) is 3.67. The molecule has 0 fully saturated rings. The Morgan fingerprint density at radius 1 is 1.30 bits per heavy atom. The first-order valence-electron chi connectivity index (χ1n) is 7.64. The lowest BCUT2D eigenvalue weighted by Gasteiger charge is -2.25. The lowest BCUT2D eigenvalue weighted by atomic mass is 9.97. The van der Waals surface area contributed by atoms with E-state index in [-0.39, 0.29) is 6.10 Å². The quantitative estimate of drug-likeness (QED) is 0.935. The number of benzene rings is 2. The molecule has 0 aliphatic carbocycles. The number of amides is 1. The first-order valence-corrected chi connectivity index (χ1v) is 7.64. The Labute approximate surface area is 135 Å². The minimum Gasteiger partial charge on any atom is -0.493 e. The van der Waals surface area contributed by atoms with Gasteiger partial charge in [0.1, 0.15) is 17.6 Å². The number of primary amides is 1. The monoisotopic (exact) mass is 313 g/mol. The molecule has 0 bridgehead atoms. The van der Waals surface area contributed by atoms with Crippen LogP contribution in [-0.4, -0.2) is 19.3 Å². The van der Waals surface area contributed by atoms with Gasteiger partial charge < -0.3 is 19.9 Å². The summed E-state index contributed by atoms with van der Waals surface area (Å²) < 4.78 is 16.6. The van der Waals surface area contributed by atoms with Gasteiger partial charge in [0, 0.05) is 17.5 Å². The average molecular weight is 313 g/mol. The molecule has 2 aromatic rings. The molecular formula is C18H19NO4. The summed E-state index contributed by atoms with van der Waals surface area (Å²) in [4.78, 5) is 11.0. The molecule has 1 heterocycles. The van der Waals surface area contributed by atoms with Gasteiger partial charge in [-0.15, -0.1) is 0 Å². The number of fused-ring (bicyclic) bond motifs is 1. The van der Waals surface area contributed by atoms with E-state index in [2.05, 4.69) is 0 Å². The van der Waals surface area contributed by atoms with Crippen LogP contribution in [0.4, 0.5) is 4.79 Å². The molecule has 0 spiro atoms. The lowest BCUT2D eigenvalue weighted by Crippen LogP contribution is -2.22. The standard InChI is InChI=1S/C18H19NO4/c1-2-21-15-6-4-3-5-13(15)12-7-8-14-16(23-18(19)20)9-10-22-17(14)11-12/h3-8,11,16H,2,9-10H2,1H3,(H2,19,20). The molecule has 2 N–H and O–H groups in total. The maximum atomic E-state index is 11.0. The molecule has 1 unspecified atom stereocenters. The second kappa shape index (κ2) is 6.60. The molecule has 120 valence electrons. The van der Waals surface area contributed by atoms with Gasteiger partial charge >= 0.3 is 6.09 Å². The third-order valence-corrected chi connectivity index (χ3v) is 3.75. The van der Waals surface area contributed by atoms with Crippen molar-refractivity contribution in [1.82, 2.24) is 0 Å². The maximum absolute atomic E-state index is 11.0. The second-order valence-electron chi connectivity index (χ2n) is 5.24. The van der Waals surface area contributed by atoms with E-state index in [0.717, 1.165) is 22.4 Å². The largest absolute Gasteiger partial charge is 0.493 e. The van der Waals surface area contributed by atoms with Gasteiger partial charge in [-0.1, -0.05) is 30.3 Å². The molecule has 2 aromatic carbocycles. The van der Waals surface area contributed by atoms with Crippen LogP contribution in [0.3, 0.4) is 0 Å². The third-order valence-electron chi connectivity index (χ3n) is 3.75. The first-order chi connectivity index (χ1) is 11.2. The van der Waals surface area contributed by atoms with E-state index in [1.54, 1.807) is 0 Å². The van der Waals surface area contributed by atoms with Crippen molar-refractivity contribution in [2.45, 2.75) is 19.4 Å². The Balaban J connectivity index is 1.97. The van der Waals surface area contributed by atoms with Crippen molar-refractivity contribution in [3.05, 3.63) is 48.0 Å². The normalized spacial score (nSPS) is 16.1. The van der Waals surface area contributed by atoms with Crippen molar-refractivity contribution in [3.8, 4) is 22.6 Å². The average Bonchev–Trinajstić information content (AvgIpc) is 2.55. The fourth-order valence-corrected chi connectivity index (χ4v) is 2.77. The van der Waals surface area contributed by atoms with Crippen LogP contribution in [-0.2, 0) is 4.74 Å². The highest BCUT2D eigenvalue weighted by Gasteiger charge is 2.24. The van der Waals surface area contributed by atoms with Crippen LogP contribution in [0.2, 0.25) is 0 Å². The topological polar surface area (TPSA) is 70.8 Å². The van der Waals surface area contributed by atoms with Crippen molar-refractivity contribution in [2.24, 2.45) is 5.73 Å². The van der Waals surface area contributed by atoms with E-state index in [4.69, 9.17) is 19.9 Å². The van der Waals surface area contributed by atoms with Crippen molar-refractivity contribution in [3.63, 3.8) is 0 Å². The number of para-hydroxylation sites is 1. The zero-order valence-corrected chi connectivity index (χ0v) is 13.0. The minimum absolute atomic E-state index is 0.354. The molecule has 1 aliphatic rings. The highest BCUT2D eigenvalue weighted by molar-refractivity contribution is 5.72. The first kappa shape index (κ1) is 15.2. The van der Waals surface area contributed by atoms with Gasteiger partial charge in [0.2, 0.25) is 0 Å². The molecule has 0 radical (unpaired) electrons. The molecule has 1 atom stereocenters. The highest BCUT2D eigenvalue weighted by Crippen LogP contribution is 2.39. The third kappa shape index (κ3) is 3.23. The second-order valence-corrected chi connectivity index (χ2v) is 5.24. The van der Waals surface area contributed by atoms with E-state index in [9.17, 15) is 4.79 Å². The molecule has 0 saturated carbocycles. The molecular weight excluding hydrogens is 294 g/mol. The number of hydrogen-bond acceptors (Lipinski definition) is 4. The Kier molecular flexibility index (Phi) is 4.37. The summed E-state index contributed by atoms with van der Waals surface area (Å²) >= 11 is 0. The number of carbonyl (C=O) groups excluding carboxylic acids is 1. The van der Waals surface area contributed by atoms with E-state index in [1.165, 1.54) is 0 Å². The van der Waals surface area contributed by atoms with Gasteiger partial charge in [0.25, 0.3) is 0 Å². The Morgan fingerprint density at radius 2 is 2.13 bits per heavy atom. The fraction of sp³-hybridized carbons (Fsp3) is 0.278. The fourth-order valence-electron chi connectivity index (χ4n) is 2.77. The summed E-state index contributed by atoms with van der Waals surface area (Å²) in [6.07, 6.45) is -0.522. The summed E-state index contributed by atoms with van der Waals surface area (Å²) in [7, 11) is 0. The van der Waals surface area contributed by atoms with Crippen LogP contribution in [0.25, 0.3) is 11.1 Å². The summed E-state index contributed by atoms with van der Waals surface area (Å²) in [5.74, 6) is 1.54. The molecule has 5 nitrogen and oxygen atoms in total. The van der Waals surface area contributed by atoms with Crippen LogP contribution in [0.1, 0.15) is 25.0 Å². The number of nitrogens with two attached hydrogens (primary N) is 1. The van der Waals surface area contributed by atoms with E-state index < -0.39 is 6.09 Å². The van der Waals surface area contributed by atoms with Crippen LogP contribution in [0, 0.1) is 0 Å². The number of hydrogen-bond donors (Lipinski definition) is 1. The van der Waals surface area contributed by atoms with Crippen molar-refractivity contribution in [2.75, 3.05) is 13.2 Å². The van der Waals surface area contributed by atoms with Crippen molar-refractivity contribution >= 4 is 6.09 Å². The maximum Gasteiger partial charge on any atom is 0.405 e.